The highest BCUT2D eigenvalue weighted by molar-refractivity contribution is 7.91. The molecule has 1 atom stereocenters. The number of nitrogens with zero attached hydrogens (tertiary/aromatic N) is 2. The smallest absolute Gasteiger partial charge is 0.252 e. The first kappa shape index (κ1) is 21.0. The molecule has 1 unspecified atom stereocenters. The van der Waals surface area contributed by atoms with Crippen molar-refractivity contribution in [1.29, 1.82) is 0 Å². The second-order valence-electron chi connectivity index (χ2n) is 7.20. The molecule has 0 aliphatic carbocycles. The molecule has 2 heterocycles. The molecule has 1 fully saturated rings. The maximum atomic E-state index is 12.6. The van der Waals surface area contributed by atoms with Gasteiger partial charge in [0.15, 0.2) is 0 Å². The zero-order valence-electron chi connectivity index (χ0n) is 16.3. The highest BCUT2D eigenvalue weighted by Crippen LogP contribution is 2.27. The molecule has 0 bridgehead atoms. The highest BCUT2D eigenvalue weighted by Gasteiger charge is 2.28. The molecule has 2 aromatic rings. The molecule has 6 nitrogen and oxygen atoms in total. The topological polar surface area (TPSA) is 69.7 Å². The van der Waals surface area contributed by atoms with Crippen LogP contribution in [0.25, 0.3) is 0 Å². The molecule has 1 amide bonds. The Hall–Kier alpha value is -1.74. The van der Waals surface area contributed by atoms with E-state index in [-0.39, 0.29) is 18.4 Å². The van der Waals surface area contributed by atoms with Gasteiger partial charge >= 0.3 is 0 Å². The van der Waals surface area contributed by atoms with Crippen molar-refractivity contribution in [3.05, 3.63) is 52.9 Å². The van der Waals surface area contributed by atoms with E-state index in [1.54, 1.807) is 12.1 Å². The number of benzene rings is 1. The van der Waals surface area contributed by atoms with Gasteiger partial charge in [-0.1, -0.05) is 30.3 Å². The number of thiophene rings is 1. The normalized spacial score (nSPS) is 16.4. The molecule has 1 N–H and O–H groups in total. The third-order valence-corrected chi connectivity index (χ3v) is 8.38. The van der Waals surface area contributed by atoms with Crippen molar-refractivity contribution in [2.45, 2.75) is 29.5 Å². The van der Waals surface area contributed by atoms with Crippen LogP contribution < -0.4 is 5.32 Å². The molecule has 1 saturated heterocycles. The number of hydrogen-bond donors (Lipinski definition) is 1. The van der Waals surface area contributed by atoms with Crippen molar-refractivity contribution in [1.82, 2.24) is 14.5 Å². The average Bonchev–Trinajstić information content (AvgIpc) is 3.35. The van der Waals surface area contributed by atoms with E-state index in [9.17, 15) is 13.2 Å². The highest BCUT2D eigenvalue weighted by atomic mass is 32.2. The molecule has 0 saturated carbocycles. The Balaban J connectivity index is 1.58. The molecule has 0 spiro atoms. The van der Waals surface area contributed by atoms with Crippen LogP contribution in [0.2, 0.25) is 0 Å². The van der Waals surface area contributed by atoms with Crippen molar-refractivity contribution >= 4 is 27.3 Å². The van der Waals surface area contributed by atoms with Crippen LogP contribution in [0.5, 0.6) is 0 Å². The second kappa shape index (κ2) is 9.17. The van der Waals surface area contributed by atoms with E-state index >= 15 is 0 Å². The minimum absolute atomic E-state index is 0.0830. The predicted octanol–water partition coefficient (Wildman–Crippen LogP) is 2.49. The van der Waals surface area contributed by atoms with Crippen LogP contribution in [-0.2, 0) is 21.2 Å². The summed E-state index contributed by atoms with van der Waals surface area (Å²) >= 11 is 1.19. The first-order chi connectivity index (χ1) is 13.4. The fourth-order valence-electron chi connectivity index (χ4n) is 3.35. The van der Waals surface area contributed by atoms with Crippen LogP contribution in [0.3, 0.4) is 0 Å². The lowest BCUT2D eigenvalue weighted by molar-refractivity contribution is -0.120. The number of hydrogen-bond acceptors (Lipinski definition) is 5. The van der Waals surface area contributed by atoms with E-state index < -0.39 is 10.0 Å². The van der Waals surface area contributed by atoms with Gasteiger partial charge < -0.3 is 10.2 Å². The quantitative estimate of drug-likeness (QED) is 0.711. The summed E-state index contributed by atoms with van der Waals surface area (Å²) in [5.41, 5.74) is 1.14. The lowest BCUT2D eigenvalue weighted by Crippen LogP contribution is -2.35. The summed E-state index contributed by atoms with van der Waals surface area (Å²) in [5, 5.41) is 2.98. The molecule has 1 aliphatic rings. The lowest BCUT2D eigenvalue weighted by atomic mass is 10.1. The van der Waals surface area contributed by atoms with Crippen LogP contribution in [0, 0.1) is 0 Å². The summed E-state index contributed by atoms with van der Waals surface area (Å²) in [6.07, 6.45) is 2.01. The number of carbonyl (C=O) groups excluding carboxylic acids is 1. The Morgan fingerprint density at radius 2 is 1.82 bits per heavy atom. The summed E-state index contributed by atoms with van der Waals surface area (Å²) in [7, 11) is 0.556. The van der Waals surface area contributed by atoms with Gasteiger partial charge in [0.1, 0.15) is 4.21 Å². The molecule has 1 aromatic carbocycles. The van der Waals surface area contributed by atoms with E-state index in [2.05, 4.69) is 10.2 Å². The Morgan fingerprint density at radius 3 is 2.46 bits per heavy atom. The van der Waals surface area contributed by atoms with Gasteiger partial charge in [-0.3, -0.25) is 4.79 Å². The molecule has 0 radical (unpaired) electrons. The first-order valence-corrected chi connectivity index (χ1v) is 11.7. The third-order valence-electron chi connectivity index (χ3n) is 4.93. The predicted molar refractivity (Wildman–Crippen MR) is 112 cm³/mol. The number of nitrogens with one attached hydrogen (secondary N) is 1. The summed E-state index contributed by atoms with van der Waals surface area (Å²) in [4.78, 5) is 15.2. The fourth-order valence-corrected chi connectivity index (χ4v) is 6.38. The Kier molecular flexibility index (Phi) is 6.87. The molecule has 152 valence electrons. The van der Waals surface area contributed by atoms with Gasteiger partial charge in [0.2, 0.25) is 5.91 Å². The van der Waals surface area contributed by atoms with E-state index in [1.807, 2.05) is 44.4 Å². The molecular weight excluding hydrogens is 394 g/mol. The zero-order chi connectivity index (χ0) is 20.1. The molecular formula is C20H27N3O3S2. The van der Waals surface area contributed by atoms with Crippen molar-refractivity contribution in [3.8, 4) is 0 Å². The fraction of sp³-hybridized carbons (Fsp3) is 0.450. The van der Waals surface area contributed by atoms with E-state index in [1.165, 1.54) is 15.6 Å². The Bertz CT molecular complexity index is 888. The molecule has 8 heteroatoms. The Labute approximate surface area is 171 Å². The first-order valence-electron chi connectivity index (χ1n) is 9.45. The number of amides is 1. The van der Waals surface area contributed by atoms with Crippen molar-refractivity contribution in [2.75, 3.05) is 33.7 Å². The summed E-state index contributed by atoms with van der Waals surface area (Å²) in [6.45, 7) is 1.67. The van der Waals surface area contributed by atoms with Gasteiger partial charge in [0.05, 0.1) is 12.5 Å². The molecule has 1 aliphatic heterocycles. The second-order valence-corrected chi connectivity index (χ2v) is 10.5. The van der Waals surface area contributed by atoms with Crippen LogP contribution in [0.15, 0.2) is 46.7 Å². The summed E-state index contributed by atoms with van der Waals surface area (Å²) in [5.74, 6) is -0.102. The van der Waals surface area contributed by atoms with Crippen LogP contribution >= 0.6 is 11.3 Å². The molecule has 1 aromatic heterocycles. The maximum Gasteiger partial charge on any atom is 0.252 e. The van der Waals surface area contributed by atoms with E-state index in [4.69, 9.17) is 0 Å². The van der Waals surface area contributed by atoms with Crippen LogP contribution in [0.4, 0.5) is 0 Å². The maximum absolute atomic E-state index is 12.6. The minimum Gasteiger partial charge on any atom is -0.354 e. The lowest BCUT2D eigenvalue weighted by Gasteiger charge is -2.25. The van der Waals surface area contributed by atoms with E-state index in [0.29, 0.717) is 23.8 Å². The average molecular weight is 422 g/mol. The van der Waals surface area contributed by atoms with Crippen molar-refractivity contribution in [2.24, 2.45) is 0 Å². The summed E-state index contributed by atoms with van der Waals surface area (Å²) < 4.78 is 27.1. The van der Waals surface area contributed by atoms with E-state index in [0.717, 1.165) is 23.3 Å². The largest absolute Gasteiger partial charge is 0.354 e. The van der Waals surface area contributed by atoms with Gasteiger partial charge in [-0.25, -0.2) is 8.42 Å². The van der Waals surface area contributed by atoms with Gasteiger partial charge in [0, 0.05) is 24.5 Å². The number of sulfonamides is 1. The summed E-state index contributed by atoms with van der Waals surface area (Å²) in [6, 6.07) is 13.5. The van der Waals surface area contributed by atoms with Crippen molar-refractivity contribution < 1.29 is 13.2 Å². The molecule has 3 rings (SSSR count). The zero-order valence-corrected chi connectivity index (χ0v) is 17.9. The Morgan fingerprint density at radius 1 is 1.14 bits per heavy atom. The number of rotatable bonds is 8. The monoisotopic (exact) mass is 421 g/mol. The van der Waals surface area contributed by atoms with Gasteiger partial charge in [-0.05, 0) is 44.6 Å². The minimum atomic E-state index is -3.41. The number of likely N-dealkylation sites (N-methyl/N-ethyl adjacent to an activating group) is 1. The van der Waals surface area contributed by atoms with Gasteiger partial charge in [-0.15, -0.1) is 11.3 Å². The molecule has 28 heavy (non-hydrogen) atoms. The standard InChI is InChI=1S/C20H27N3O3S2/c1-22(2)18(16-8-4-3-5-9-16)15-21-19(24)14-17-10-11-20(27-17)28(25,26)23-12-6-7-13-23/h3-5,8-11,18H,6-7,12-15H2,1-2H3,(H,21,24). The van der Waals surface area contributed by atoms with Crippen molar-refractivity contribution in [3.63, 3.8) is 0 Å². The van der Waals surface area contributed by atoms with Crippen LogP contribution in [0.1, 0.15) is 29.3 Å². The van der Waals surface area contributed by atoms with Gasteiger partial charge in [-0.2, -0.15) is 4.31 Å². The SMILES string of the molecule is CN(C)C(CNC(=O)Cc1ccc(S(=O)(=O)N2CCCC2)s1)c1ccccc1. The third kappa shape index (κ3) is 5.00. The van der Waals surface area contributed by atoms with Crippen LogP contribution in [-0.4, -0.2) is 57.3 Å². The number of carbonyl (C=O) groups is 1. The van der Waals surface area contributed by atoms with Gasteiger partial charge in [0.25, 0.3) is 10.0 Å².